The van der Waals surface area contributed by atoms with Gasteiger partial charge in [0.1, 0.15) is 0 Å². The molecule has 1 aromatic heterocycles. The van der Waals surface area contributed by atoms with Crippen LogP contribution in [0.5, 0.6) is 0 Å². The number of rotatable bonds is 5. The summed E-state index contributed by atoms with van der Waals surface area (Å²) in [4.78, 5) is 1.51. The lowest BCUT2D eigenvalue weighted by atomic mass is 9.78. The normalized spacial score (nSPS) is 26.2. The summed E-state index contributed by atoms with van der Waals surface area (Å²) in [5, 5.41) is 3.72. The Morgan fingerprint density at radius 3 is 2.61 bits per heavy atom. The van der Waals surface area contributed by atoms with Gasteiger partial charge in [0.15, 0.2) is 0 Å². The highest BCUT2D eigenvalue weighted by Crippen LogP contribution is 2.32. The van der Waals surface area contributed by atoms with Crippen LogP contribution in [0.1, 0.15) is 44.4 Å². The summed E-state index contributed by atoms with van der Waals surface area (Å²) in [6, 6.07) is 5.12. The Hall–Kier alpha value is 0.140. The van der Waals surface area contributed by atoms with Gasteiger partial charge in [-0.15, -0.1) is 11.3 Å². The second-order valence-electron chi connectivity index (χ2n) is 5.59. The fourth-order valence-corrected chi connectivity index (χ4v) is 4.58. The number of thiophene rings is 1. The summed E-state index contributed by atoms with van der Waals surface area (Å²) in [6.07, 6.45) is 6.85. The predicted molar refractivity (Wildman–Crippen MR) is 84.3 cm³/mol. The molecule has 0 spiro atoms. The molecule has 0 aliphatic heterocycles. The minimum Gasteiger partial charge on any atom is -0.314 e. The van der Waals surface area contributed by atoms with Gasteiger partial charge in [0.2, 0.25) is 0 Å². The van der Waals surface area contributed by atoms with Gasteiger partial charge in [-0.2, -0.15) is 0 Å². The van der Waals surface area contributed by atoms with Crippen molar-refractivity contribution in [2.45, 2.75) is 52.0 Å². The molecule has 1 unspecified atom stereocenters. The van der Waals surface area contributed by atoms with Crippen molar-refractivity contribution >= 4 is 27.3 Å². The van der Waals surface area contributed by atoms with E-state index in [1.54, 1.807) is 0 Å². The summed E-state index contributed by atoms with van der Waals surface area (Å²) >= 11 is 5.45. The highest BCUT2D eigenvalue weighted by molar-refractivity contribution is 9.11. The quantitative estimate of drug-likeness (QED) is 0.813. The fraction of sp³-hybridized carbons (Fsp3) is 0.733. The minimum atomic E-state index is 0.674. The van der Waals surface area contributed by atoms with Crippen LogP contribution < -0.4 is 5.32 Å². The molecule has 1 nitrogen and oxygen atoms in total. The molecule has 1 aliphatic rings. The molecule has 0 radical (unpaired) electrons. The van der Waals surface area contributed by atoms with Crippen molar-refractivity contribution in [2.75, 3.05) is 6.54 Å². The van der Waals surface area contributed by atoms with Crippen LogP contribution in [0, 0.1) is 11.8 Å². The largest absolute Gasteiger partial charge is 0.314 e. The van der Waals surface area contributed by atoms with Crippen LogP contribution in [-0.2, 0) is 6.42 Å². The van der Waals surface area contributed by atoms with E-state index >= 15 is 0 Å². The summed E-state index contributed by atoms with van der Waals surface area (Å²) in [5.74, 6) is 1.82. The lowest BCUT2D eigenvalue weighted by Crippen LogP contribution is -2.39. The number of likely N-dealkylation sites (N-methyl/N-ethyl adjacent to an activating group) is 1. The van der Waals surface area contributed by atoms with E-state index in [2.05, 4.69) is 47.2 Å². The van der Waals surface area contributed by atoms with E-state index in [0.29, 0.717) is 6.04 Å². The van der Waals surface area contributed by atoms with Crippen molar-refractivity contribution in [3.8, 4) is 0 Å². The molecule has 0 saturated heterocycles. The number of hydrogen-bond donors (Lipinski definition) is 1. The average Bonchev–Trinajstić information content (AvgIpc) is 2.75. The van der Waals surface area contributed by atoms with Gasteiger partial charge in [0.25, 0.3) is 0 Å². The Kier molecular flexibility index (Phi) is 5.71. The van der Waals surface area contributed by atoms with E-state index in [0.717, 1.165) is 18.4 Å². The second kappa shape index (κ2) is 7.06. The van der Waals surface area contributed by atoms with Crippen LogP contribution >= 0.6 is 27.3 Å². The highest BCUT2D eigenvalue weighted by atomic mass is 79.9. The van der Waals surface area contributed by atoms with Crippen LogP contribution in [0.25, 0.3) is 0 Å². The Balaban J connectivity index is 1.94. The van der Waals surface area contributed by atoms with Crippen molar-refractivity contribution in [3.63, 3.8) is 0 Å². The Morgan fingerprint density at radius 2 is 2.06 bits per heavy atom. The standard InChI is InChI=1S/C15H24BrNS/c1-3-17-14(10-13-8-9-15(16)18-13)12-6-4-11(2)5-7-12/h8-9,11-12,14,17H,3-7,10H2,1-2H3. The lowest BCUT2D eigenvalue weighted by Gasteiger charge is -2.33. The van der Waals surface area contributed by atoms with Crippen LogP contribution in [0.2, 0.25) is 0 Å². The zero-order valence-corrected chi connectivity index (χ0v) is 13.8. The number of nitrogens with one attached hydrogen (secondary N) is 1. The smallest absolute Gasteiger partial charge is 0.0701 e. The molecule has 1 aliphatic carbocycles. The highest BCUT2D eigenvalue weighted by Gasteiger charge is 2.25. The monoisotopic (exact) mass is 329 g/mol. The van der Waals surface area contributed by atoms with E-state index < -0.39 is 0 Å². The first-order valence-electron chi connectivity index (χ1n) is 7.16. The molecule has 1 atom stereocenters. The van der Waals surface area contributed by atoms with Crippen molar-refractivity contribution < 1.29 is 0 Å². The Bertz CT molecular complexity index is 355. The predicted octanol–water partition coefficient (Wildman–Crippen LogP) is 4.86. The molecule has 2 rings (SSSR count). The van der Waals surface area contributed by atoms with E-state index in [1.165, 1.54) is 40.8 Å². The maximum absolute atomic E-state index is 3.72. The van der Waals surface area contributed by atoms with Crippen LogP contribution in [0.3, 0.4) is 0 Å². The Labute approximate surface area is 123 Å². The van der Waals surface area contributed by atoms with Crippen molar-refractivity contribution in [1.82, 2.24) is 5.32 Å². The first-order chi connectivity index (χ1) is 8.69. The Morgan fingerprint density at radius 1 is 1.33 bits per heavy atom. The van der Waals surface area contributed by atoms with Crippen LogP contribution in [0.4, 0.5) is 0 Å². The molecule has 0 aromatic carbocycles. The third-order valence-corrected chi connectivity index (χ3v) is 5.79. The van der Waals surface area contributed by atoms with Crippen molar-refractivity contribution in [3.05, 3.63) is 20.8 Å². The number of halogens is 1. The summed E-state index contributed by atoms with van der Waals surface area (Å²) < 4.78 is 1.25. The molecule has 0 bridgehead atoms. The molecule has 1 fully saturated rings. The molecule has 3 heteroatoms. The zero-order chi connectivity index (χ0) is 13.0. The van der Waals surface area contributed by atoms with Crippen LogP contribution in [-0.4, -0.2) is 12.6 Å². The molecule has 1 heterocycles. The van der Waals surface area contributed by atoms with E-state index in [1.807, 2.05) is 11.3 Å². The molecule has 1 N–H and O–H groups in total. The zero-order valence-electron chi connectivity index (χ0n) is 11.4. The molecular weight excluding hydrogens is 306 g/mol. The van der Waals surface area contributed by atoms with Gasteiger partial charge in [0, 0.05) is 10.9 Å². The number of hydrogen-bond acceptors (Lipinski definition) is 2. The van der Waals surface area contributed by atoms with Gasteiger partial charge < -0.3 is 5.32 Å². The first kappa shape index (κ1) is 14.5. The van der Waals surface area contributed by atoms with Gasteiger partial charge in [-0.25, -0.2) is 0 Å². The van der Waals surface area contributed by atoms with Gasteiger partial charge in [-0.3, -0.25) is 0 Å². The molecule has 102 valence electrons. The minimum absolute atomic E-state index is 0.674. The van der Waals surface area contributed by atoms with Gasteiger partial charge in [-0.05, 0) is 65.7 Å². The topological polar surface area (TPSA) is 12.0 Å². The van der Waals surface area contributed by atoms with Crippen LogP contribution in [0.15, 0.2) is 15.9 Å². The first-order valence-corrected chi connectivity index (χ1v) is 8.77. The van der Waals surface area contributed by atoms with Crippen molar-refractivity contribution in [2.24, 2.45) is 11.8 Å². The average molecular weight is 330 g/mol. The SMILES string of the molecule is CCNC(Cc1ccc(Br)s1)C1CCC(C)CC1. The van der Waals surface area contributed by atoms with E-state index in [4.69, 9.17) is 0 Å². The van der Waals surface area contributed by atoms with E-state index in [-0.39, 0.29) is 0 Å². The van der Waals surface area contributed by atoms with Gasteiger partial charge in [-0.1, -0.05) is 26.7 Å². The fourth-order valence-electron chi connectivity index (χ4n) is 3.03. The summed E-state index contributed by atoms with van der Waals surface area (Å²) in [5.41, 5.74) is 0. The molecule has 0 amide bonds. The third kappa shape index (κ3) is 4.07. The molecular formula is C15H24BrNS. The maximum atomic E-state index is 3.72. The van der Waals surface area contributed by atoms with Gasteiger partial charge >= 0.3 is 0 Å². The third-order valence-electron chi connectivity index (χ3n) is 4.15. The molecule has 18 heavy (non-hydrogen) atoms. The molecule has 1 saturated carbocycles. The van der Waals surface area contributed by atoms with E-state index in [9.17, 15) is 0 Å². The van der Waals surface area contributed by atoms with Crippen molar-refractivity contribution in [1.29, 1.82) is 0 Å². The molecule has 1 aromatic rings. The maximum Gasteiger partial charge on any atom is 0.0701 e. The second-order valence-corrected chi connectivity index (χ2v) is 8.14. The summed E-state index contributed by atoms with van der Waals surface area (Å²) in [6.45, 7) is 5.71. The van der Waals surface area contributed by atoms with Gasteiger partial charge in [0.05, 0.1) is 3.79 Å². The summed E-state index contributed by atoms with van der Waals surface area (Å²) in [7, 11) is 0. The lowest BCUT2D eigenvalue weighted by molar-refractivity contribution is 0.231.